The van der Waals surface area contributed by atoms with E-state index in [-0.39, 0.29) is 0 Å². The molecule has 0 aliphatic carbocycles. The molecule has 1 rings (SSSR count). The molecule has 2 heteroatoms. The number of aromatic nitrogens is 1. The van der Waals surface area contributed by atoms with Gasteiger partial charge in [0.25, 0.3) is 0 Å². The second-order valence-corrected chi connectivity index (χ2v) is 4.27. The molecule has 1 aromatic rings. The van der Waals surface area contributed by atoms with Crippen molar-refractivity contribution in [1.29, 1.82) is 0 Å². The van der Waals surface area contributed by atoms with E-state index in [0.29, 0.717) is 6.04 Å². The Morgan fingerprint density at radius 2 is 2.14 bits per heavy atom. The van der Waals surface area contributed by atoms with Gasteiger partial charge in [0, 0.05) is 25.0 Å². The smallest absolute Gasteiger partial charge is 0.0312 e. The maximum atomic E-state index is 4.08. The monoisotopic (exact) mass is 192 g/mol. The normalized spacial score (nSPS) is 13.1. The van der Waals surface area contributed by atoms with E-state index >= 15 is 0 Å². The number of rotatable bonds is 5. The average molecular weight is 192 g/mol. The van der Waals surface area contributed by atoms with E-state index in [0.717, 1.165) is 12.5 Å². The van der Waals surface area contributed by atoms with Crippen molar-refractivity contribution in [1.82, 2.24) is 10.3 Å². The predicted octanol–water partition coefficient (Wildman–Crippen LogP) is 2.61. The summed E-state index contributed by atoms with van der Waals surface area (Å²) in [7, 11) is 0. The largest absolute Gasteiger partial charge is 0.310 e. The minimum Gasteiger partial charge on any atom is -0.310 e. The molecule has 0 aliphatic heterocycles. The van der Waals surface area contributed by atoms with Gasteiger partial charge in [-0.05, 0) is 30.9 Å². The highest BCUT2D eigenvalue weighted by Gasteiger charge is 2.03. The third kappa shape index (κ3) is 4.38. The predicted molar refractivity (Wildman–Crippen MR) is 60.0 cm³/mol. The Balaban J connectivity index is 2.27. The highest BCUT2D eigenvalue weighted by atomic mass is 14.9. The zero-order chi connectivity index (χ0) is 10.4. The Labute approximate surface area is 86.8 Å². The van der Waals surface area contributed by atoms with E-state index in [1.54, 1.807) is 6.20 Å². The topological polar surface area (TPSA) is 24.9 Å². The molecule has 0 spiro atoms. The third-order valence-electron chi connectivity index (χ3n) is 2.20. The van der Waals surface area contributed by atoms with Crippen LogP contribution in [-0.2, 0) is 6.54 Å². The fourth-order valence-electron chi connectivity index (χ4n) is 1.59. The van der Waals surface area contributed by atoms with Gasteiger partial charge < -0.3 is 5.32 Å². The van der Waals surface area contributed by atoms with Crippen LogP contribution in [0.15, 0.2) is 24.5 Å². The lowest BCUT2D eigenvalue weighted by atomic mass is 10.1. The van der Waals surface area contributed by atoms with Crippen LogP contribution in [0.2, 0.25) is 0 Å². The van der Waals surface area contributed by atoms with Crippen LogP contribution in [0.4, 0.5) is 0 Å². The van der Waals surface area contributed by atoms with E-state index in [1.807, 2.05) is 12.3 Å². The summed E-state index contributed by atoms with van der Waals surface area (Å²) in [5, 5.41) is 3.49. The SMILES string of the molecule is CC(C)C[C@H](C)NCc1cccnc1. The van der Waals surface area contributed by atoms with E-state index in [1.165, 1.54) is 12.0 Å². The van der Waals surface area contributed by atoms with Crippen LogP contribution >= 0.6 is 0 Å². The summed E-state index contributed by atoms with van der Waals surface area (Å²) in [5.74, 6) is 0.756. The minimum atomic E-state index is 0.579. The first-order valence-corrected chi connectivity index (χ1v) is 5.30. The number of pyridine rings is 1. The van der Waals surface area contributed by atoms with Crippen molar-refractivity contribution in [3.8, 4) is 0 Å². The second-order valence-electron chi connectivity index (χ2n) is 4.27. The van der Waals surface area contributed by atoms with Gasteiger partial charge in [-0.3, -0.25) is 4.98 Å². The van der Waals surface area contributed by atoms with Crippen LogP contribution in [0.1, 0.15) is 32.8 Å². The fraction of sp³-hybridized carbons (Fsp3) is 0.583. The van der Waals surface area contributed by atoms with Gasteiger partial charge in [0.1, 0.15) is 0 Å². The lowest BCUT2D eigenvalue weighted by Crippen LogP contribution is -2.26. The summed E-state index contributed by atoms with van der Waals surface area (Å²) >= 11 is 0. The van der Waals surface area contributed by atoms with Crippen LogP contribution in [0.25, 0.3) is 0 Å². The van der Waals surface area contributed by atoms with Crippen molar-refractivity contribution >= 4 is 0 Å². The summed E-state index contributed by atoms with van der Waals surface area (Å²) in [6.07, 6.45) is 4.94. The zero-order valence-corrected chi connectivity index (χ0v) is 9.33. The second kappa shape index (κ2) is 5.76. The van der Waals surface area contributed by atoms with Crippen molar-refractivity contribution in [2.45, 2.75) is 39.8 Å². The van der Waals surface area contributed by atoms with Gasteiger partial charge in [0.15, 0.2) is 0 Å². The Hall–Kier alpha value is -0.890. The lowest BCUT2D eigenvalue weighted by Gasteiger charge is -2.15. The molecule has 1 N–H and O–H groups in total. The Bertz CT molecular complexity index is 244. The molecule has 0 fully saturated rings. The van der Waals surface area contributed by atoms with Crippen molar-refractivity contribution < 1.29 is 0 Å². The fourth-order valence-corrected chi connectivity index (χ4v) is 1.59. The number of hydrogen-bond donors (Lipinski definition) is 1. The van der Waals surface area contributed by atoms with Crippen molar-refractivity contribution in [3.05, 3.63) is 30.1 Å². The number of hydrogen-bond acceptors (Lipinski definition) is 2. The standard InChI is InChI=1S/C12H20N2/c1-10(2)7-11(3)14-9-12-5-4-6-13-8-12/h4-6,8,10-11,14H,7,9H2,1-3H3/t11-/m0/s1. The molecule has 0 saturated heterocycles. The number of nitrogens with zero attached hydrogens (tertiary/aromatic N) is 1. The van der Waals surface area contributed by atoms with Crippen LogP contribution in [-0.4, -0.2) is 11.0 Å². The molecule has 1 atom stereocenters. The first-order valence-electron chi connectivity index (χ1n) is 5.30. The maximum Gasteiger partial charge on any atom is 0.0312 e. The zero-order valence-electron chi connectivity index (χ0n) is 9.33. The molecule has 0 bridgehead atoms. The van der Waals surface area contributed by atoms with Crippen LogP contribution < -0.4 is 5.32 Å². The van der Waals surface area contributed by atoms with Gasteiger partial charge in [-0.2, -0.15) is 0 Å². The van der Waals surface area contributed by atoms with Gasteiger partial charge in [-0.15, -0.1) is 0 Å². The molecule has 0 aliphatic rings. The molecule has 1 heterocycles. The summed E-state index contributed by atoms with van der Waals surface area (Å²) in [6.45, 7) is 7.66. The van der Waals surface area contributed by atoms with E-state index in [2.05, 4.69) is 37.1 Å². The molecule has 2 nitrogen and oxygen atoms in total. The van der Waals surface area contributed by atoms with Crippen molar-refractivity contribution in [3.63, 3.8) is 0 Å². The minimum absolute atomic E-state index is 0.579. The third-order valence-corrected chi connectivity index (χ3v) is 2.20. The summed E-state index contributed by atoms with van der Waals surface area (Å²) in [5.41, 5.74) is 1.25. The molecule has 78 valence electrons. The molecule has 0 unspecified atom stereocenters. The summed E-state index contributed by atoms with van der Waals surface area (Å²) in [4.78, 5) is 4.08. The van der Waals surface area contributed by atoms with Crippen molar-refractivity contribution in [2.75, 3.05) is 0 Å². The first-order chi connectivity index (χ1) is 6.68. The Kier molecular flexibility index (Phi) is 4.60. The molecule has 0 amide bonds. The molecular formula is C12H20N2. The summed E-state index contributed by atoms with van der Waals surface area (Å²) < 4.78 is 0. The molecule has 0 aromatic carbocycles. The van der Waals surface area contributed by atoms with Gasteiger partial charge >= 0.3 is 0 Å². The highest BCUT2D eigenvalue weighted by Crippen LogP contribution is 2.04. The molecule has 0 saturated carbocycles. The summed E-state index contributed by atoms with van der Waals surface area (Å²) in [6, 6.07) is 4.65. The average Bonchev–Trinajstić information content (AvgIpc) is 2.15. The molecule has 1 aromatic heterocycles. The van der Waals surface area contributed by atoms with Crippen LogP contribution in [0.5, 0.6) is 0 Å². The van der Waals surface area contributed by atoms with E-state index in [9.17, 15) is 0 Å². The Morgan fingerprint density at radius 3 is 2.71 bits per heavy atom. The molecule has 0 radical (unpaired) electrons. The first kappa shape index (κ1) is 11.2. The van der Waals surface area contributed by atoms with Crippen LogP contribution in [0.3, 0.4) is 0 Å². The molecular weight excluding hydrogens is 172 g/mol. The Morgan fingerprint density at radius 1 is 1.36 bits per heavy atom. The maximum absolute atomic E-state index is 4.08. The van der Waals surface area contributed by atoms with E-state index < -0.39 is 0 Å². The van der Waals surface area contributed by atoms with Crippen molar-refractivity contribution in [2.24, 2.45) is 5.92 Å². The van der Waals surface area contributed by atoms with E-state index in [4.69, 9.17) is 0 Å². The molecule has 14 heavy (non-hydrogen) atoms. The van der Waals surface area contributed by atoms with Crippen LogP contribution in [0, 0.1) is 5.92 Å². The number of nitrogens with one attached hydrogen (secondary N) is 1. The lowest BCUT2D eigenvalue weighted by molar-refractivity contribution is 0.441. The van der Waals surface area contributed by atoms with Gasteiger partial charge in [-0.25, -0.2) is 0 Å². The van der Waals surface area contributed by atoms with Gasteiger partial charge in [0.2, 0.25) is 0 Å². The van der Waals surface area contributed by atoms with Gasteiger partial charge in [-0.1, -0.05) is 19.9 Å². The van der Waals surface area contributed by atoms with Gasteiger partial charge in [0.05, 0.1) is 0 Å². The quantitative estimate of drug-likeness (QED) is 0.775. The highest BCUT2D eigenvalue weighted by molar-refractivity contribution is 5.07.